The molecule has 0 bridgehead atoms. The summed E-state index contributed by atoms with van der Waals surface area (Å²) in [7, 11) is 0. The molecule has 4 nitrogen and oxygen atoms in total. The SMILES string of the molecule is C[C@@H]1OCC[C@@]1(O)CNC1CCN(Cc2ccccc2)CC1. The maximum absolute atomic E-state index is 10.5. The molecule has 2 fully saturated rings. The molecule has 0 aliphatic carbocycles. The molecule has 2 N–H and O–H groups in total. The zero-order chi connectivity index (χ0) is 15.4. The summed E-state index contributed by atoms with van der Waals surface area (Å²) in [5.41, 5.74) is 0.710. The van der Waals surface area contributed by atoms with Gasteiger partial charge in [-0.15, -0.1) is 0 Å². The van der Waals surface area contributed by atoms with Crippen LogP contribution in [-0.2, 0) is 11.3 Å². The third kappa shape index (κ3) is 3.87. The molecule has 1 aromatic rings. The number of benzene rings is 1. The van der Waals surface area contributed by atoms with Gasteiger partial charge < -0.3 is 15.2 Å². The monoisotopic (exact) mass is 304 g/mol. The van der Waals surface area contributed by atoms with E-state index in [0.717, 1.165) is 38.9 Å². The van der Waals surface area contributed by atoms with Crippen LogP contribution in [0, 0.1) is 0 Å². The van der Waals surface area contributed by atoms with Gasteiger partial charge in [0.05, 0.1) is 6.10 Å². The number of hydrogen-bond donors (Lipinski definition) is 2. The summed E-state index contributed by atoms with van der Waals surface area (Å²) >= 11 is 0. The van der Waals surface area contributed by atoms with Crippen molar-refractivity contribution in [3.05, 3.63) is 35.9 Å². The molecule has 22 heavy (non-hydrogen) atoms. The summed E-state index contributed by atoms with van der Waals surface area (Å²) < 4.78 is 5.49. The van der Waals surface area contributed by atoms with Crippen molar-refractivity contribution < 1.29 is 9.84 Å². The maximum Gasteiger partial charge on any atom is 0.105 e. The van der Waals surface area contributed by atoms with Crippen LogP contribution < -0.4 is 5.32 Å². The summed E-state index contributed by atoms with van der Waals surface area (Å²) in [5.74, 6) is 0. The van der Waals surface area contributed by atoms with E-state index in [1.165, 1.54) is 5.56 Å². The predicted molar refractivity (Wildman–Crippen MR) is 87.7 cm³/mol. The molecular weight excluding hydrogens is 276 g/mol. The number of nitrogens with one attached hydrogen (secondary N) is 1. The average Bonchev–Trinajstić information content (AvgIpc) is 2.87. The molecule has 0 saturated carbocycles. The first-order valence-electron chi connectivity index (χ1n) is 8.49. The summed E-state index contributed by atoms with van der Waals surface area (Å²) in [5, 5.41) is 14.1. The van der Waals surface area contributed by atoms with Gasteiger partial charge in [-0.05, 0) is 38.4 Å². The van der Waals surface area contributed by atoms with E-state index in [9.17, 15) is 5.11 Å². The molecule has 4 heteroatoms. The van der Waals surface area contributed by atoms with E-state index in [-0.39, 0.29) is 6.10 Å². The fraction of sp³-hybridized carbons (Fsp3) is 0.667. The third-order valence-electron chi connectivity index (χ3n) is 5.19. The number of piperidine rings is 1. The first-order chi connectivity index (χ1) is 10.7. The van der Waals surface area contributed by atoms with Crippen molar-refractivity contribution in [1.82, 2.24) is 10.2 Å². The van der Waals surface area contributed by atoms with Crippen molar-refractivity contribution in [2.24, 2.45) is 0 Å². The van der Waals surface area contributed by atoms with Gasteiger partial charge in [0.25, 0.3) is 0 Å². The Labute approximate surface area is 133 Å². The Bertz CT molecular complexity index is 459. The van der Waals surface area contributed by atoms with Gasteiger partial charge in [-0.1, -0.05) is 30.3 Å². The van der Waals surface area contributed by atoms with E-state index in [0.29, 0.717) is 19.2 Å². The van der Waals surface area contributed by atoms with Crippen LogP contribution in [0.1, 0.15) is 31.7 Å². The van der Waals surface area contributed by atoms with Crippen LogP contribution in [0.15, 0.2) is 30.3 Å². The van der Waals surface area contributed by atoms with Gasteiger partial charge in [0.15, 0.2) is 0 Å². The molecule has 3 rings (SSSR count). The van der Waals surface area contributed by atoms with Gasteiger partial charge in [-0.2, -0.15) is 0 Å². The lowest BCUT2D eigenvalue weighted by Gasteiger charge is -2.35. The molecule has 0 spiro atoms. The van der Waals surface area contributed by atoms with Gasteiger partial charge >= 0.3 is 0 Å². The van der Waals surface area contributed by atoms with E-state index in [1.807, 2.05) is 6.92 Å². The minimum Gasteiger partial charge on any atom is -0.386 e. The molecule has 2 atom stereocenters. The number of likely N-dealkylation sites (tertiary alicyclic amines) is 1. The highest BCUT2D eigenvalue weighted by atomic mass is 16.5. The Morgan fingerprint density at radius 1 is 1.27 bits per heavy atom. The molecule has 0 radical (unpaired) electrons. The fourth-order valence-electron chi connectivity index (χ4n) is 3.46. The van der Waals surface area contributed by atoms with Crippen molar-refractivity contribution in [2.75, 3.05) is 26.2 Å². The lowest BCUT2D eigenvalue weighted by molar-refractivity contribution is -0.0288. The number of ether oxygens (including phenoxy) is 1. The van der Waals surface area contributed by atoms with E-state index < -0.39 is 5.60 Å². The van der Waals surface area contributed by atoms with Crippen LogP contribution in [0.25, 0.3) is 0 Å². The second-order valence-electron chi connectivity index (χ2n) is 6.78. The first kappa shape index (κ1) is 15.9. The van der Waals surface area contributed by atoms with E-state index in [1.54, 1.807) is 0 Å². The highest BCUT2D eigenvalue weighted by Gasteiger charge is 2.39. The maximum atomic E-state index is 10.5. The number of hydrogen-bond acceptors (Lipinski definition) is 4. The van der Waals surface area contributed by atoms with Gasteiger partial charge in [-0.3, -0.25) is 4.90 Å². The largest absolute Gasteiger partial charge is 0.386 e. The summed E-state index contributed by atoms with van der Waals surface area (Å²) in [6.07, 6.45) is 2.99. The Morgan fingerprint density at radius 2 is 2.00 bits per heavy atom. The van der Waals surface area contributed by atoms with Crippen LogP contribution in [0.5, 0.6) is 0 Å². The summed E-state index contributed by atoms with van der Waals surface area (Å²) in [4.78, 5) is 2.52. The van der Waals surface area contributed by atoms with Crippen LogP contribution in [0.4, 0.5) is 0 Å². The topological polar surface area (TPSA) is 44.7 Å². The lowest BCUT2D eigenvalue weighted by atomic mass is 9.95. The third-order valence-corrected chi connectivity index (χ3v) is 5.19. The zero-order valence-corrected chi connectivity index (χ0v) is 13.5. The molecule has 2 aliphatic rings. The van der Waals surface area contributed by atoms with Crippen LogP contribution >= 0.6 is 0 Å². The Balaban J connectivity index is 1.40. The molecule has 1 aromatic carbocycles. The number of nitrogens with zero attached hydrogens (tertiary/aromatic N) is 1. The zero-order valence-electron chi connectivity index (χ0n) is 13.5. The normalized spacial score (nSPS) is 30.7. The Kier molecular flexibility index (Phi) is 5.14. The van der Waals surface area contributed by atoms with E-state index >= 15 is 0 Å². The quantitative estimate of drug-likeness (QED) is 0.870. The molecule has 0 amide bonds. The van der Waals surface area contributed by atoms with Gasteiger partial charge in [0.2, 0.25) is 0 Å². The molecule has 2 saturated heterocycles. The van der Waals surface area contributed by atoms with Crippen LogP contribution in [0.2, 0.25) is 0 Å². The smallest absolute Gasteiger partial charge is 0.105 e. The van der Waals surface area contributed by atoms with Crippen LogP contribution in [0.3, 0.4) is 0 Å². The summed E-state index contributed by atoms with van der Waals surface area (Å²) in [6, 6.07) is 11.2. The molecule has 122 valence electrons. The summed E-state index contributed by atoms with van der Waals surface area (Å²) in [6.45, 7) is 6.58. The molecule has 2 heterocycles. The van der Waals surface area contributed by atoms with Crippen molar-refractivity contribution in [2.45, 2.75) is 50.5 Å². The fourth-order valence-corrected chi connectivity index (χ4v) is 3.46. The standard InChI is InChI=1S/C18H28N2O2/c1-15-18(21,9-12-22-15)14-19-17-7-10-20(11-8-17)13-16-5-3-2-4-6-16/h2-6,15,17,19,21H,7-14H2,1H3/t15-,18+/m0/s1. The van der Waals surface area contributed by atoms with Gasteiger partial charge in [0, 0.05) is 32.2 Å². The van der Waals surface area contributed by atoms with E-state index in [2.05, 4.69) is 40.5 Å². The highest BCUT2D eigenvalue weighted by molar-refractivity contribution is 5.14. The van der Waals surface area contributed by atoms with Gasteiger partial charge in [0.1, 0.15) is 5.60 Å². The predicted octanol–water partition coefficient (Wildman–Crippen LogP) is 1.78. The molecule has 0 unspecified atom stereocenters. The number of rotatable bonds is 5. The minimum atomic E-state index is -0.679. The van der Waals surface area contributed by atoms with Gasteiger partial charge in [-0.25, -0.2) is 0 Å². The van der Waals surface area contributed by atoms with Crippen LogP contribution in [-0.4, -0.2) is 54.0 Å². The molecular formula is C18H28N2O2. The minimum absolute atomic E-state index is 0.0573. The van der Waals surface area contributed by atoms with Crippen molar-refractivity contribution >= 4 is 0 Å². The first-order valence-corrected chi connectivity index (χ1v) is 8.49. The molecule has 0 aromatic heterocycles. The Morgan fingerprint density at radius 3 is 2.64 bits per heavy atom. The van der Waals surface area contributed by atoms with Crippen molar-refractivity contribution in [3.8, 4) is 0 Å². The average molecular weight is 304 g/mol. The second-order valence-corrected chi connectivity index (χ2v) is 6.78. The van der Waals surface area contributed by atoms with Crippen molar-refractivity contribution in [1.29, 1.82) is 0 Å². The highest BCUT2D eigenvalue weighted by Crippen LogP contribution is 2.25. The second kappa shape index (κ2) is 7.09. The van der Waals surface area contributed by atoms with Crippen molar-refractivity contribution in [3.63, 3.8) is 0 Å². The Hall–Kier alpha value is -0.940. The van der Waals surface area contributed by atoms with E-state index in [4.69, 9.17) is 4.74 Å². The molecule has 2 aliphatic heterocycles. The lowest BCUT2D eigenvalue weighted by Crippen LogP contribution is -2.51. The number of aliphatic hydroxyl groups is 1.